The molecule has 196 valence electrons. The van der Waals surface area contributed by atoms with Crippen LogP contribution in [0.3, 0.4) is 0 Å². The van der Waals surface area contributed by atoms with E-state index >= 15 is 0 Å². The first-order valence-corrected chi connectivity index (χ1v) is 14.0. The molecule has 0 unspecified atom stereocenters. The Morgan fingerprint density at radius 1 is 0.824 bits per heavy atom. The number of fused-ring (bicyclic) bond motifs is 5. The maximum Gasteiger partial charge on any atom is 0.0771 e. The molecule has 4 fully saturated rings. The van der Waals surface area contributed by atoms with Crippen molar-refractivity contribution in [3.63, 3.8) is 0 Å². The summed E-state index contributed by atoms with van der Waals surface area (Å²) in [5.74, 6) is 1.75. The van der Waals surface area contributed by atoms with Gasteiger partial charge in [0.25, 0.3) is 0 Å². The summed E-state index contributed by atoms with van der Waals surface area (Å²) in [6.45, 7) is 15.3. The van der Waals surface area contributed by atoms with Gasteiger partial charge in [-0.15, -0.1) is 0 Å². The monoisotopic (exact) mass is 476 g/mol. The van der Waals surface area contributed by atoms with Crippen molar-refractivity contribution in [1.29, 1.82) is 0 Å². The smallest absolute Gasteiger partial charge is 0.0771 e. The molecule has 0 saturated heterocycles. The van der Waals surface area contributed by atoms with E-state index in [4.69, 9.17) is 0 Å². The van der Waals surface area contributed by atoms with Gasteiger partial charge in [-0.25, -0.2) is 0 Å². The van der Waals surface area contributed by atoms with Gasteiger partial charge in [-0.1, -0.05) is 39.8 Å². The van der Waals surface area contributed by atoms with Crippen LogP contribution in [0.15, 0.2) is 12.2 Å². The molecule has 0 aromatic rings. The van der Waals surface area contributed by atoms with E-state index in [1.54, 1.807) is 13.8 Å². The summed E-state index contributed by atoms with van der Waals surface area (Å²) in [6, 6.07) is 0. The first-order chi connectivity index (χ1) is 15.6. The predicted octanol–water partition coefficient (Wildman–Crippen LogP) is 5.47. The molecule has 4 saturated carbocycles. The van der Waals surface area contributed by atoms with Crippen molar-refractivity contribution in [2.24, 2.45) is 45.3 Å². The van der Waals surface area contributed by atoms with Crippen molar-refractivity contribution in [2.45, 2.75) is 124 Å². The van der Waals surface area contributed by atoms with E-state index in [2.05, 4.69) is 27.7 Å². The third-order valence-corrected chi connectivity index (χ3v) is 12.4. The largest absolute Gasteiger partial charge is 0.396 e. The molecule has 0 heterocycles. The van der Waals surface area contributed by atoms with E-state index in [9.17, 15) is 20.4 Å². The molecule has 34 heavy (non-hydrogen) atoms. The predicted molar refractivity (Wildman–Crippen MR) is 137 cm³/mol. The molecule has 0 amide bonds. The van der Waals surface area contributed by atoms with Crippen LogP contribution in [0.4, 0.5) is 0 Å². The SMILES string of the molecule is CC(C)(O)/C=C/C[C@](C)(O)[C@H]1CC[C@]2(C)[C@@H]1CC[C@@H]1[C@@]3(C)CC[C@H](O)[C@@](C)(CO)[C@@H]3CC[C@]12C. The summed E-state index contributed by atoms with van der Waals surface area (Å²) in [6.07, 6.45) is 12.6. The van der Waals surface area contributed by atoms with Crippen LogP contribution in [0.1, 0.15) is 106 Å². The molecule has 4 aliphatic rings. The molecule has 4 aliphatic carbocycles. The molecular weight excluding hydrogens is 424 g/mol. The molecule has 0 aromatic carbocycles. The van der Waals surface area contributed by atoms with E-state index in [0.29, 0.717) is 24.2 Å². The molecule has 0 aliphatic heterocycles. The second-order valence-electron chi connectivity index (χ2n) is 14.6. The van der Waals surface area contributed by atoms with Crippen LogP contribution >= 0.6 is 0 Å². The second kappa shape index (κ2) is 8.30. The number of hydrogen-bond acceptors (Lipinski definition) is 4. The van der Waals surface area contributed by atoms with Gasteiger partial charge in [0.15, 0.2) is 0 Å². The standard InChI is InChI=1S/C30H52O4/c1-25(2,33)14-8-15-30(7,34)21-11-17-28(5)20(21)9-10-23-26(3)16-13-24(32)27(4,19-31)22(26)12-18-29(23,28)6/h8,14,20-24,31-34H,9-13,15-19H2,1-7H3/b14-8+/t20-,21+,22-,23-,24+,26+,27+,28-,29-,30+/m1/s1. The highest BCUT2D eigenvalue weighted by molar-refractivity contribution is 5.19. The summed E-state index contributed by atoms with van der Waals surface area (Å²) >= 11 is 0. The fourth-order valence-corrected chi connectivity index (χ4v) is 10.3. The van der Waals surface area contributed by atoms with Gasteiger partial charge in [-0.05, 0) is 118 Å². The maximum atomic E-state index is 11.6. The van der Waals surface area contributed by atoms with Crippen molar-refractivity contribution >= 4 is 0 Å². The topological polar surface area (TPSA) is 80.9 Å². The van der Waals surface area contributed by atoms with Gasteiger partial charge in [0.1, 0.15) is 0 Å². The zero-order valence-corrected chi connectivity index (χ0v) is 22.9. The number of rotatable bonds is 5. The minimum absolute atomic E-state index is 0.0703. The molecule has 4 N–H and O–H groups in total. The van der Waals surface area contributed by atoms with Crippen LogP contribution in [-0.4, -0.2) is 44.3 Å². The first kappa shape index (κ1) is 26.6. The van der Waals surface area contributed by atoms with Crippen LogP contribution in [0.5, 0.6) is 0 Å². The molecule has 0 aromatic heterocycles. The Morgan fingerprint density at radius 2 is 1.47 bits per heavy atom. The molecule has 4 heteroatoms. The van der Waals surface area contributed by atoms with Crippen molar-refractivity contribution < 1.29 is 20.4 Å². The maximum absolute atomic E-state index is 11.6. The third kappa shape index (κ3) is 3.76. The molecule has 0 bridgehead atoms. The van der Waals surface area contributed by atoms with Crippen molar-refractivity contribution in [2.75, 3.05) is 6.61 Å². The Kier molecular flexibility index (Phi) is 6.50. The van der Waals surface area contributed by atoms with Crippen LogP contribution < -0.4 is 0 Å². The fourth-order valence-electron chi connectivity index (χ4n) is 10.3. The molecule has 4 rings (SSSR count). The highest BCUT2D eigenvalue weighted by Gasteiger charge is 2.69. The second-order valence-corrected chi connectivity index (χ2v) is 14.6. The summed E-state index contributed by atoms with van der Waals surface area (Å²) in [7, 11) is 0. The average Bonchev–Trinajstić information content (AvgIpc) is 3.09. The Balaban J connectivity index is 1.62. The van der Waals surface area contributed by atoms with Gasteiger partial charge >= 0.3 is 0 Å². The lowest BCUT2D eigenvalue weighted by Gasteiger charge is -2.70. The summed E-state index contributed by atoms with van der Waals surface area (Å²) in [5, 5.41) is 42.9. The van der Waals surface area contributed by atoms with Crippen molar-refractivity contribution in [3.05, 3.63) is 12.2 Å². The van der Waals surface area contributed by atoms with Crippen LogP contribution in [-0.2, 0) is 0 Å². The van der Waals surface area contributed by atoms with Crippen molar-refractivity contribution in [3.8, 4) is 0 Å². The van der Waals surface area contributed by atoms with E-state index in [1.807, 2.05) is 19.1 Å². The van der Waals surface area contributed by atoms with E-state index in [-0.39, 0.29) is 28.8 Å². The minimum atomic E-state index is -0.851. The zero-order valence-electron chi connectivity index (χ0n) is 22.9. The summed E-state index contributed by atoms with van der Waals surface area (Å²) < 4.78 is 0. The Hall–Kier alpha value is -0.420. The van der Waals surface area contributed by atoms with Gasteiger partial charge in [0.05, 0.1) is 23.9 Å². The molecule has 10 atom stereocenters. The Morgan fingerprint density at radius 3 is 2.09 bits per heavy atom. The number of aliphatic hydroxyl groups excluding tert-OH is 2. The lowest BCUT2D eigenvalue weighted by atomic mass is 9.35. The van der Waals surface area contributed by atoms with Crippen LogP contribution in [0, 0.1) is 45.3 Å². The number of aliphatic hydroxyl groups is 4. The van der Waals surface area contributed by atoms with E-state index < -0.39 is 22.7 Å². The molecular formula is C30H52O4. The van der Waals surface area contributed by atoms with Crippen molar-refractivity contribution in [1.82, 2.24) is 0 Å². The highest BCUT2D eigenvalue weighted by atomic mass is 16.3. The van der Waals surface area contributed by atoms with Gasteiger partial charge < -0.3 is 20.4 Å². The minimum Gasteiger partial charge on any atom is -0.396 e. The molecule has 0 radical (unpaired) electrons. The summed E-state index contributed by atoms with van der Waals surface area (Å²) in [4.78, 5) is 0. The van der Waals surface area contributed by atoms with Gasteiger partial charge in [-0.2, -0.15) is 0 Å². The third-order valence-electron chi connectivity index (χ3n) is 12.4. The highest BCUT2D eigenvalue weighted by Crippen LogP contribution is 2.75. The zero-order chi connectivity index (χ0) is 25.4. The number of hydrogen-bond donors (Lipinski definition) is 4. The first-order valence-electron chi connectivity index (χ1n) is 14.0. The Labute approximate surface area is 208 Å². The molecule has 0 spiro atoms. The quantitative estimate of drug-likeness (QED) is 0.397. The van der Waals surface area contributed by atoms with Gasteiger partial charge in [0.2, 0.25) is 0 Å². The summed E-state index contributed by atoms with van der Waals surface area (Å²) in [5.41, 5.74) is -1.46. The van der Waals surface area contributed by atoms with Crippen LogP contribution in [0.25, 0.3) is 0 Å². The van der Waals surface area contributed by atoms with E-state index in [0.717, 1.165) is 38.5 Å². The average molecular weight is 477 g/mol. The lowest BCUT2D eigenvalue weighted by molar-refractivity contribution is -0.234. The van der Waals surface area contributed by atoms with Gasteiger partial charge in [0, 0.05) is 5.41 Å². The lowest BCUT2D eigenvalue weighted by Crippen LogP contribution is -2.65. The van der Waals surface area contributed by atoms with Crippen LogP contribution in [0.2, 0.25) is 0 Å². The molecule has 4 nitrogen and oxygen atoms in total. The van der Waals surface area contributed by atoms with Gasteiger partial charge in [-0.3, -0.25) is 0 Å². The normalized spacial score (nSPS) is 51.0. The Bertz CT molecular complexity index is 798. The fraction of sp³-hybridized carbons (Fsp3) is 0.933. The van der Waals surface area contributed by atoms with E-state index in [1.165, 1.54) is 12.8 Å².